The molecule has 1 aliphatic rings. The first-order valence-corrected chi connectivity index (χ1v) is 7.58. The van der Waals surface area contributed by atoms with Crippen LogP contribution < -0.4 is 26.3 Å². The van der Waals surface area contributed by atoms with E-state index in [-0.39, 0.29) is 11.7 Å². The molecule has 0 aromatic heterocycles. The number of ether oxygens (including phenoxy) is 2. The maximum atomic E-state index is 14.1. The van der Waals surface area contributed by atoms with Crippen molar-refractivity contribution in [3.05, 3.63) is 65.5 Å². The van der Waals surface area contributed by atoms with Crippen molar-refractivity contribution in [3.63, 3.8) is 0 Å². The van der Waals surface area contributed by atoms with Gasteiger partial charge in [-0.1, -0.05) is 6.07 Å². The number of benzene rings is 2. The Bertz CT molecular complexity index is 849. The second-order valence-corrected chi connectivity index (χ2v) is 5.58. The van der Waals surface area contributed by atoms with Crippen LogP contribution in [0.2, 0.25) is 0 Å². The van der Waals surface area contributed by atoms with E-state index in [1.165, 1.54) is 19.2 Å². The molecule has 3 rings (SSSR count). The fraction of sp³-hybridized carbons (Fsp3) is 0.167. The lowest BCUT2D eigenvalue weighted by Gasteiger charge is -2.29. The van der Waals surface area contributed by atoms with E-state index in [1.54, 1.807) is 19.3 Å². The standard InChI is InChI=1S/C18H19FN4O2/c1-24-13-6-3-11(4-7-13)15-10-18(21,23-17(20)22-15)12-5-8-16(25-2)14(19)9-12/h3-10H,21H2,1-2H3,(H3,20,22,23). The first kappa shape index (κ1) is 16.8. The molecule has 7 heteroatoms. The molecule has 0 saturated heterocycles. The van der Waals surface area contributed by atoms with Gasteiger partial charge in [0.2, 0.25) is 0 Å². The summed E-state index contributed by atoms with van der Waals surface area (Å²) in [5.41, 5.74) is 13.0. The Hall–Kier alpha value is -3.06. The van der Waals surface area contributed by atoms with Crippen LogP contribution in [0.15, 0.2) is 53.5 Å². The summed E-state index contributed by atoms with van der Waals surface area (Å²) < 4.78 is 24.2. The summed E-state index contributed by atoms with van der Waals surface area (Å²) in [6, 6.07) is 11.8. The van der Waals surface area contributed by atoms with Crippen LogP contribution in [0, 0.1) is 5.82 Å². The van der Waals surface area contributed by atoms with Crippen molar-refractivity contribution in [2.24, 2.45) is 16.5 Å². The Morgan fingerprint density at radius 3 is 2.40 bits per heavy atom. The van der Waals surface area contributed by atoms with Crippen LogP contribution in [0.25, 0.3) is 5.70 Å². The molecule has 0 amide bonds. The van der Waals surface area contributed by atoms with Crippen molar-refractivity contribution < 1.29 is 13.9 Å². The Labute approximate surface area is 145 Å². The molecule has 5 N–H and O–H groups in total. The van der Waals surface area contributed by atoms with E-state index in [0.29, 0.717) is 11.3 Å². The molecule has 0 saturated carbocycles. The van der Waals surface area contributed by atoms with Gasteiger partial charge in [0.25, 0.3) is 0 Å². The summed E-state index contributed by atoms with van der Waals surface area (Å²) in [5, 5.41) is 2.98. The zero-order valence-electron chi connectivity index (χ0n) is 13.9. The van der Waals surface area contributed by atoms with E-state index >= 15 is 0 Å². The van der Waals surface area contributed by atoms with Gasteiger partial charge in [-0.05, 0) is 48.0 Å². The second kappa shape index (κ2) is 6.45. The van der Waals surface area contributed by atoms with Crippen molar-refractivity contribution >= 4 is 11.7 Å². The van der Waals surface area contributed by atoms with Crippen LogP contribution in [0.3, 0.4) is 0 Å². The molecule has 25 heavy (non-hydrogen) atoms. The minimum Gasteiger partial charge on any atom is -0.497 e. The SMILES string of the molecule is COc1ccc(C2=CC(N)(c3ccc(OC)c(F)c3)N=C(N)N2)cc1. The molecule has 6 nitrogen and oxygen atoms in total. The van der Waals surface area contributed by atoms with Gasteiger partial charge in [0.05, 0.1) is 14.2 Å². The van der Waals surface area contributed by atoms with E-state index in [9.17, 15) is 4.39 Å². The molecule has 0 fully saturated rings. The smallest absolute Gasteiger partial charge is 0.195 e. The number of nitrogens with zero attached hydrogens (tertiary/aromatic N) is 1. The van der Waals surface area contributed by atoms with Crippen molar-refractivity contribution in [3.8, 4) is 11.5 Å². The van der Waals surface area contributed by atoms with Gasteiger partial charge >= 0.3 is 0 Å². The summed E-state index contributed by atoms with van der Waals surface area (Å²) >= 11 is 0. The van der Waals surface area contributed by atoms with Crippen LogP contribution >= 0.6 is 0 Å². The van der Waals surface area contributed by atoms with E-state index < -0.39 is 11.5 Å². The second-order valence-electron chi connectivity index (χ2n) is 5.58. The van der Waals surface area contributed by atoms with Crippen LogP contribution in [0.1, 0.15) is 11.1 Å². The monoisotopic (exact) mass is 342 g/mol. The van der Waals surface area contributed by atoms with Crippen molar-refractivity contribution in [2.75, 3.05) is 14.2 Å². The van der Waals surface area contributed by atoms with Gasteiger partial charge in [-0.15, -0.1) is 0 Å². The summed E-state index contributed by atoms with van der Waals surface area (Å²) in [6.07, 6.45) is 1.70. The van der Waals surface area contributed by atoms with Gasteiger partial charge in [-0.3, -0.25) is 5.73 Å². The fourth-order valence-electron chi connectivity index (χ4n) is 2.64. The maximum absolute atomic E-state index is 14.1. The fourth-order valence-corrected chi connectivity index (χ4v) is 2.64. The lowest BCUT2D eigenvalue weighted by Crippen LogP contribution is -2.44. The largest absolute Gasteiger partial charge is 0.497 e. The first-order chi connectivity index (χ1) is 11.9. The minimum absolute atomic E-state index is 0.137. The van der Waals surface area contributed by atoms with Crippen LogP contribution in [-0.4, -0.2) is 20.2 Å². The number of nitrogens with two attached hydrogens (primary N) is 2. The maximum Gasteiger partial charge on any atom is 0.195 e. The highest BCUT2D eigenvalue weighted by Crippen LogP contribution is 2.31. The molecule has 1 aliphatic heterocycles. The molecule has 0 aliphatic carbocycles. The predicted molar refractivity (Wildman–Crippen MR) is 94.5 cm³/mol. The predicted octanol–water partition coefficient (Wildman–Crippen LogP) is 1.91. The van der Waals surface area contributed by atoms with Crippen molar-refractivity contribution in [1.29, 1.82) is 0 Å². The third kappa shape index (κ3) is 3.27. The highest BCUT2D eigenvalue weighted by atomic mass is 19.1. The molecule has 0 spiro atoms. The van der Waals surface area contributed by atoms with Crippen LogP contribution in [-0.2, 0) is 5.66 Å². The average molecular weight is 342 g/mol. The highest BCUT2D eigenvalue weighted by Gasteiger charge is 2.30. The molecular weight excluding hydrogens is 323 g/mol. The summed E-state index contributed by atoms with van der Waals surface area (Å²) in [6.45, 7) is 0. The van der Waals surface area contributed by atoms with E-state index in [2.05, 4.69) is 10.3 Å². The molecule has 1 heterocycles. The molecule has 130 valence electrons. The Balaban J connectivity index is 2.02. The Kier molecular flexibility index (Phi) is 4.33. The normalized spacial score (nSPS) is 19.5. The van der Waals surface area contributed by atoms with Gasteiger partial charge in [0, 0.05) is 11.3 Å². The lowest BCUT2D eigenvalue weighted by atomic mass is 9.96. The topological polar surface area (TPSA) is 94.9 Å². The van der Waals surface area contributed by atoms with Crippen LogP contribution in [0.5, 0.6) is 11.5 Å². The third-order valence-corrected chi connectivity index (χ3v) is 3.95. The summed E-state index contributed by atoms with van der Waals surface area (Å²) in [4.78, 5) is 4.24. The number of nitrogens with one attached hydrogen (secondary N) is 1. The quantitative estimate of drug-likeness (QED) is 0.789. The zero-order chi connectivity index (χ0) is 18.0. The first-order valence-electron chi connectivity index (χ1n) is 7.58. The summed E-state index contributed by atoms with van der Waals surface area (Å²) in [5.74, 6) is 0.499. The molecule has 1 atom stereocenters. The molecule has 0 radical (unpaired) electrons. The van der Waals surface area contributed by atoms with E-state index in [1.807, 2.05) is 24.3 Å². The molecule has 0 bridgehead atoms. The highest BCUT2D eigenvalue weighted by molar-refractivity contribution is 5.90. The Morgan fingerprint density at radius 2 is 1.80 bits per heavy atom. The number of guanidine groups is 1. The van der Waals surface area contributed by atoms with Gasteiger partial charge in [-0.25, -0.2) is 9.38 Å². The van der Waals surface area contributed by atoms with Gasteiger partial charge in [0.15, 0.2) is 23.2 Å². The number of halogens is 1. The summed E-state index contributed by atoms with van der Waals surface area (Å²) in [7, 11) is 3.00. The number of aliphatic imine (C=N–C) groups is 1. The van der Waals surface area contributed by atoms with Crippen LogP contribution in [0.4, 0.5) is 4.39 Å². The number of methoxy groups -OCH3 is 2. The minimum atomic E-state index is -1.29. The average Bonchev–Trinajstić information content (AvgIpc) is 2.61. The number of hydrogen-bond donors (Lipinski definition) is 3. The van der Waals surface area contributed by atoms with Gasteiger partial charge in [-0.2, -0.15) is 0 Å². The molecular formula is C18H19FN4O2. The van der Waals surface area contributed by atoms with Gasteiger partial charge < -0.3 is 20.5 Å². The van der Waals surface area contributed by atoms with E-state index in [0.717, 1.165) is 11.3 Å². The van der Waals surface area contributed by atoms with Crippen molar-refractivity contribution in [1.82, 2.24) is 5.32 Å². The molecule has 1 unspecified atom stereocenters. The molecule has 2 aromatic carbocycles. The van der Waals surface area contributed by atoms with E-state index in [4.69, 9.17) is 20.9 Å². The zero-order valence-corrected chi connectivity index (χ0v) is 13.9. The van der Waals surface area contributed by atoms with Crippen molar-refractivity contribution in [2.45, 2.75) is 5.66 Å². The molecule has 2 aromatic rings. The third-order valence-electron chi connectivity index (χ3n) is 3.95. The number of rotatable bonds is 4. The van der Waals surface area contributed by atoms with Gasteiger partial charge in [0.1, 0.15) is 5.75 Å². The lowest BCUT2D eigenvalue weighted by molar-refractivity contribution is 0.385. The Morgan fingerprint density at radius 1 is 1.08 bits per heavy atom. The number of hydrogen-bond acceptors (Lipinski definition) is 6.